The summed E-state index contributed by atoms with van der Waals surface area (Å²) in [5, 5.41) is 3.91. The van der Waals surface area contributed by atoms with Gasteiger partial charge in [0.25, 0.3) is 5.91 Å². The van der Waals surface area contributed by atoms with Crippen molar-refractivity contribution in [3.63, 3.8) is 0 Å². The van der Waals surface area contributed by atoms with Crippen LogP contribution in [0.15, 0.2) is 54.6 Å². The van der Waals surface area contributed by atoms with E-state index in [4.69, 9.17) is 11.6 Å². The van der Waals surface area contributed by atoms with Crippen molar-refractivity contribution in [2.75, 3.05) is 44.2 Å². The largest absolute Gasteiger partial charge is 0.360 e. The Morgan fingerprint density at radius 2 is 1.89 bits per heavy atom. The number of carbonyl (C=O) groups excluding carboxylic acids is 1. The van der Waals surface area contributed by atoms with Crippen LogP contribution in [0.4, 0.5) is 5.69 Å². The summed E-state index contributed by atoms with van der Waals surface area (Å²) in [5.41, 5.74) is 2.46. The third kappa shape index (κ3) is 5.72. The minimum absolute atomic E-state index is 0.149. The van der Waals surface area contributed by atoms with E-state index in [1.54, 1.807) is 0 Å². The van der Waals surface area contributed by atoms with Crippen LogP contribution in [0.25, 0.3) is 0 Å². The average molecular weight is 387 g/mol. The predicted molar refractivity (Wildman–Crippen MR) is 112 cm³/mol. The highest BCUT2D eigenvalue weighted by atomic mass is 35.5. The molecular weight excluding hydrogens is 358 g/mol. The molecule has 4 nitrogen and oxygen atoms in total. The zero-order chi connectivity index (χ0) is 19.1. The van der Waals surface area contributed by atoms with Gasteiger partial charge in [-0.15, -0.1) is 0 Å². The van der Waals surface area contributed by atoms with Gasteiger partial charge in [0.15, 0.2) is 6.54 Å². The van der Waals surface area contributed by atoms with Gasteiger partial charge in [-0.05, 0) is 30.2 Å². The van der Waals surface area contributed by atoms with E-state index in [2.05, 4.69) is 47.5 Å². The van der Waals surface area contributed by atoms with Crippen LogP contribution in [-0.2, 0) is 4.79 Å². The molecule has 0 spiro atoms. The first kappa shape index (κ1) is 19.7. The lowest BCUT2D eigenvalue weighted by Crippen LogP contribution is -3.16. The molecule has 0 aromatic heterocycles. The van der Waals surface area contributed by atoms with E-state index < -0.39 is 0 Å². The zero-order valence-electron chi connectivity index (χ0n) is 16.0. The van der Waals surface area contributed by atoms with Crippen LogP contribution in [0.1, 0.15) is 24.8 Å². The number of hydrogen-bond acceptors (Lipinski definition) is 2. The molecule has 5 heteroatoms. The molecule has 1 aliphatic rings. The molecule has 1 fully saturated rings. The summed E-state index contributed by atoms with van der Waals surface area (Å²) in [7, 11) is 0. The Morgan fingerprint density at radius 1 is 1.15 bits per heavy atom. The maximum atomic E-state index is 12.4. The highest BCUT2D eigenvalue weighted by Crippen LogP contribution is 2.19. The van der Waals surface area contributed by atoms with Gasteiger partial charge < -0.3 is 15.1 Å². The predicted octanol–water partition coefficient (Wildman–Crippen LogP) is 2.35. The number of amides is 1. The normalized spacial score (nSPS) is 16.1. The van der Waals surface area contributed by atoms with Crippen molar-refractivity contribution in [1.82, 2.24) is 5.32 Å². The topological polar surface area (TPSA) is 36.8 Å². The fourth-order valence-electron chi connectivity index (χ4n) is 3.68. The van der Waals surface area contributed by atoms with Crippen LogP contribution < -0.4 is 15.1 Å². The number of piperazine rings is 1. The summed E-state index contributed by atoms with van der Waals surface area (Å²) in [6, 6.07) is 18.4. The van der Waals surface area contributed by atoms with Gasteiger partial charge in [-0.2, -0.15) is 0 Å². The summed E-state index contributed by atoms with van der Waals surface area (Å²) in [4.78, 5) is 16.1. The average Bonchev–Trinajstić information content (AvgIpc) is 2.70. The molecule has 0 aliphatic carbocycles. The van der Waals surface area contributed by atoms with Crippen LogP contribution in [0.3, 0.4) is 0 Å². The Bertz CT molecular complexity index is 729. The molecule has 1 saturated heterocycles. The summed E-state index contributed by atoms with van der Waals surface area (Å²) >= 11 is 6.09. The molecule has 3 rings (SSSR count). The van der Waals surface area contributed by atoms with Crippen molar-refractivity contribution in [2.45, 2.75) is 19.3 Å². The van der Waals surface area contributed by atoms with Gasteiger partial charge >= 0.3 is 0 Å². The Labute approximate surface area is 167 Å². The molecule has 2 N–H and O–H groups in total. The van der Waals surface area contributed by atoms with Crippen LogP contribution >= 0.6 is 11.6 Å². The van der Waals surface area contributed by atoms with Gasteiger partial charge in [0, 0.05) is 23.2 Å². The van der Waals surface area contributed by atoms with Gasteiger partial charge in [-0.1, -0.05) is 54.9 Å². The number of quaternary nitrogens is 1. The molecule has 1 aliphatic heterocycles. The molecule has 1 atom stereocenters. The summed E-state index contributed by atoms with van der Waals surface area (Å²) in [6.45, 7) is 7.26. The van der Waals surface area contributed by atoms with Crippen molar-refractivity contribution < 1.29 is 9.69 Å². The molecule has 2 aromatic rings. The molecule has 1 heterocycles. The van der Waals surface area contributed by atoms with Crippen molar-refractivity contribution >= 4 is 23.2 Å². The second kappa shape index (κ2) is 9.77. The third-order valence-electron chi connectivity index (χ3n) is 5.36. The maximum absolute atomic E-state index is 12.4. The Morgan fingerprint density at radius 3 is 2.56 bits per heavy atom. The number of hydrogen-bond donors (Lipinski definition) is 2. The first-order chi connectivity index (χ1) is 13.2. The minimum Gasteiger partial charge on any atom is -0.360 e. The summed E-state index contributed by atoms with van der Waals surface area (Å²) in [5.74, 6) is 0.528. The van der Waals surface area contributed by atoms with Crippen molar-refractivity contribution in [1.29, 1.82) is 0 Å². The summed E-state index contributed by atoms with van der Waals surface area (Å²) < 4.78 is 0. The fraction of sp³-hybridized carbons (Fsp3) is 0.409. The SMILES string of the molecule is CC[C@H](CNC(=O)C[NH+]1CCN(c2cccc(Cl)c2)CC1)c1ccccc1. The smallest absolute Gasteiger partial charge is 0.275 e. The highest BCUT2D eigenvalue weighted by molar-refractivity contribution is 6.30. The van der Waals surface area contributed by atoms with E-state index in [1.807, 2.05) is 24.3 Å². The van der Waals surface area contributed by atoms with Gasteiger partial charge in [0.2, 0.25) is 0 Å². The standard InChI is InChI=1S/C22H28ClN3O/c1-2-18(19-7-4-3-5-8-19)16-24-22(27)17-25-11-13-26(14-12-25)21-10-6-9-20(23)15-21/h3-10,15,18H,2,11-14,16-17H2,1H3,(H,24,27)/p+1/t18-/m1/s1. The van der Waals surface area contributed by atoms with Crippen molar-refractivity contribution in [2.24, 2.45) is 0 Å². The van der Waals surface area contributed by atoms with Gasteiger partial charge in [-0.3, -0.25) is 4.79 Å². The molecule has 1 amide bonds. The number of nitrogens with zero attached hydrogens (tertiary/aromatic N) is 1. The number of nitrogens with one attached hydrogen (secondary N) is 2. The van der Waals surface area contributed by atoms with Gasteiger partial charge in [0.05, 0.1) is 26.2 Å². The number of rotatable bonds is 7. The lowest BCUT2D eigenvalue weighted by atomic mass is 9.96. The highest BCUT2D eigenvalue weighted by Gasteiger charge is 2.22. The molecule has 0 unspecified atom stereocenters. The lowest BCUT2D eigenvalue weighted by molar-refractivity contribution is -0.892. The van der Waals surface area contributed by atoms with Crippen molar-refractivity contribution in [3.8, 4) is 0 Å². The Balaban J connectivity index is 1.43. The van der Waals surface area contributed by atoms with Gasteiger partial charge in [0.1, 0.15) is 0 Å². The quantitative estimate of drug-likeness (QED) is 0.766. The Hall–Kier alpha value is -2.04. The van der Waals surface area contributed by atoms with E-state index in [0.717, 1.165) is 37.6 Å². The first-order valence-electron chi connectivity index (χ1n) is 9.81. The van der Waals surface area contributed by atoms with Crippen molar-refractivity contribution in [3.05, 3.63) is 65.2 Å². The lowest BCUT2D eigenvalue weighted by Gasteiger charge is -2.33. The first-order valence-corrected chi connectivity index (χ1v) is 10.2. The number of halogens is 1. The third-order valence-corrected chi connectivity index (χ3v) is 5.60. The molecular formula is C22H29ClN3O+. The van der Waals surface area contributed by atoms with E-state index in [9.17, 15) is 4.79 Å². The molecule has 0 radical (unpaired) electrons. The number of anilines is 1. The second-order valence-corrected chi connectivity index (χ2v) is 7.65. The monoisotopic (exact) mass is 386 g/mol. The van der Waals surface area contributed by atoms with E-state index in [-0.39, 0.29) is 5.91 Å². The zero-order valence-corrected chi connectivity index (χ0v) is 16.7. The summed E-state index contributed by atoms with van der Waals surface area (Å²) in [6.07, 6.45) is 1.02. The van der Waals surface area contributed by atoms with Crippen LogP contribution in [0, 0.1) is 0 Å². The molecule has 2 aromatic carbocycles. The number of carbonyl (C=O) groups is 1. The maximum Gasteiger partial charge on any atom is 0.275 e. The fourth-order valence-corrected chi connectivity index (χ4v) is 3.86. The number of benzene rings is 2. The van der Waals surface area contributed by atoms with Crippen LogP contribution in [0.5, 0.6) is 0 Å². The van der Waals surface area contributed by atoms with E-state index in [0.29, 0.717) is 19.0 Å². The second-order valence-electron chi connectivity index (χ2n) is 7.21. The van der Waals surface area contributed by atoms with E-state index >= 15 is 0 Å². The minimum atomic E-state index is 0.149. The van der Waals surface area contributed by atoms with E-state index in [1.165, 1.54) is 16.2 Å². The molecule has 0 saturated carbocycles. The van der Waals surface area contributed by atoms with Crippen LogP contribution in [0.2, 0.25) is 5.02 Å². The molecule has 144 valence electrons. The van der Waals surface area contributed by atoms with Crippen LogP contribution in [-0.4, -0.2) is 45.2 Å². The van der Waals surface area contributed by atoms with Gasteiger partial charge in [-0.25, -0.2) is 0 Å². The molecule has 0 bridgehead atoms. The molecule has 27 heavy (non-hydrogen) atoms. The Kier molecular flexibility index (Phi) is 7.13.